The molecular formula is C12H11Br2NS. The summed E-state index contributed by atoms with van der Waals surface area (Å²) >= 11 is 8.65. The van der Waals surface area contributed by atoms with Gasteiger partial charge < -0.3 is 5.73 Å². The Bertz CT molecular complexity index is 481. The first kappa shape index (κ1) is 12.3. The summed E-state index contributed by atoms with van der Waals surface area (Å²) in [6.45, 7) is 0. The standard InChI is InChI=1S/C12H11Br2NS/c13-9-3-1-2-8(4-9)12(15)6-11-5-10(14)7-16-11/h1-5,7,12H,6,15H2. The van der Waals surface area contributed by atoms with E-state index >= 15 is 0 Å². The van der Waals surface area contributed by atoms with E-state index in [-0.39, 0.29) is 6.04 Å². The minimum atomic E-state index is 0.0584. The smallest absolute Gasteiger partial charge is 0.0344 e. The van der Waals surface area contributed by atoms with E-state index in [1.807, 2.05) is 12.1 Å². The van der Waals surface area contributed by atoms with E-state index in [0.29, 0.717) is 0 Å². The monoisotopic (exact) mass is 359 g/mol. The van der Waals surface area contributed by atoms with Crippen molar-refractivity contribution in [2.75, 3.05) is 0 Å². The SMILES string of the molecule is NC(Cc1cc(Br)cs1)c1cccc(Br)c1. The third kappa shape index (κ3) is 3.17. The van der Waals surface area contributed by atoms with Gasteiger partial charge in [0.1, 0.15) is 0 Å². The molecule has 1 heterocycles. The molecule has 1 nitrogen and oxygen atoms in total. The molecule has 4 heteroatoms. The van der Waals surface area contributed by atoms with E-state index in [9.17, 15) is 0 Å². The molecule has 0 aliphatic heterocycles. The Morgan fingerprint density at radius 1 is 1.19 bits per heavy atom. The van der Waals surface area contributed by atoms with Crippen LogP contribution in [-0.4, -0.2) is 0 Å². The Balaban J connectivity index is 2.11. The first-order chi connectivity index (χ1) is 7.65. The van der Waals surface area contributed by atoms with Crippen molar-refractivity contribution >= 4 is 43.2 Å². The van der Waals surface area contributed by atoms with Crippen molar-refractivity contribution in [1.82, 2.24) is 0 Å². The van der Waals surface area contributed by atoms with Crippen LogP contribution in [0.3, 0.4) is 0 Å². The van der Waals surface area contributed by atoms with Crippen LogP contribution < -0.4 is 5.73 Å². The molecular weight excluding hydrogens is 350 g/mol. The van der Waals surface area contributed by atoms with Crippen LogP contribution in [0.5, 0.6) is 0 Å². The molecule has 84 valence electrons. The number of benzene rings is 1. The highest BCUT2D eigenvalue weighted by Gasteiger charge is 2.08. The number of rotatable bonds is 3. The lowest BCUT2D eigenvalue weighted by Crippen LogP contribution is -2.12. The van der Waals surface area contributed by atoms with Gasteiger partial charge in [-0.1, -0.05) is 28.1 Å². The number of thiophene rings is 1. The number of halogens is 2. The minimum absolute atomic E-state index is 0.0584. The quantitative estimate of drug-likeness (QED) is 0.855. The Morgan fingerprint density at radius 2 is 2.00 bits per heavy atom. The minimum Gasteiger partial charge on any atom is -0.324 e. The summed E-state index contributed by atoms with van der Waals surface area (Å²) in [5.74, 6) is 0. The number of hydrogen-bond acceptors (Lipinski definition) is 2. The molecule has 0 aliphatic rings. The Labute approximate surface area is 116 Å². The lowest BCUT2D eigenvalue weighted by molar-refractivity contribution is 0.729. The van der Waals surface area contributed by atoms with Crippen molar-refractivity contribution in [3.05, 3.63) is 55.1 Å². The predicted octanol–water partition coefficient (Wildman–Crippen LogP) is 4.52. The lowest BCUT2D eigenvalue weighted by Gasteiger charge is -2.10. The maximum absolute atomic E-state index is 6.18. The van der Waals surface area contributed by atoms with Crippen LogP contribution in [0.15, 0.2) is 44.7 Å². The second-order valence-corrected chi connectivity index (χ2v) is 6.42. The molecule has 0 saturated carbocycles. The van der Waals surface area contributed by atoms with Crippen LogP contribution in [0.25, 0.3) is 0 Å². The van der Waals surface area contributed by atoms with Crippen molar-refractivity contribution < 1.29 is 0 Å². The third-order valence-corrected chi connectivity index (χ3v) is 4.53. The molecule has 2 aromatic rings. The van der Waals surface area contributed by atoms with Gasteiger partial charge in [0.15, 0.2) is 0 Å². The van der Waals surface area contributed by atoms with Gasteiger partial charge in [0, 0.05) is 31.7 Å². The van der Waals surface area contributed by atoms with E-state index in [1.165, 1.54) is 10.4 Å². The molecule has 0 aliphatic carbocycles. The summed E-state index contributed by atoms with van der Waals surface area (Å²) in [6, 6.07) is 10.4. The average molecular weight is 361 g/mol. The van der Waals surface area contributed by atoms with Crippen molar-refractivity contribution in [1.29, 1.82) is 0 Å². The van der Waals surface area contributed by atoms with Gasteiger partial charge in [-0.05, 0) is 39.7 Å². The van der Waals surface area contributed by atoms with Crippen LogP contribution in [0, 0.1) is 0 Å². The van der Waals surface area contributed by atoms with Gasteiger partial charge >= 0.3 is 0 Å². The zero-order valence-electron chi connectivity index (χ0n) is 8.49. The first-order valence-electron chi connectivity index (χ1n) is 4.89. The highest BCUT2D eigenvalue weighted by atomic mass is 79.9. The highest BCUT2D eigenvalue weighted by Crippen LogP contribution is 2.25. The lowest BCUT2D eigenvalue weighted by atomic mass is 10.0. The normalized spacial score (nSPS) is 12.7. The molecule has 1 unspecified atom stereocenters. The van der Waals surface area contributed by atoms with Gasteiger partial charge in [0.05, 0.1) is 0 Å². The van der Waals surface area contributed by atoms with Crippen LogP contribution in [0.4, 0.5) is 0 Å². The fourth-order valence-corrected chi connectivity index (χ4v) is 3.46. The van der Waals surface area contributed by atoms with Crippen LogP contribution in [-0.2, 0) is 6.42 Å². The van der Waals surface area contributed by atoms with Crippen molar-refractivity contribution in [2.45, 2.75) is 12.5 Å². The summed E-state index contributed by atoms with van der Waals surface area (Å²) in [5, 5.41) is 2.09. The largest absolute Gasteiger partial charge is 0.324 e. The molecule has 0 fully saturated rings. The zero-order valence-corrected chi connectivity index (χ0v) is 12.5. The van der Waals surface area contributed by atoms with Gasteiger partial charge in [0.25, 0.3) is 0 Å². The van der Waals surface area contributed by atoms with Crippen LogP contribution >= 0.6 is 43.2 Å². The molecule has 0 saturated heterocycles. The Hall–Kier alpha value is -0.160. The van der Waals surface area contributed by atoms with Crippen LogP contribution in [0.2, 0.25) is 0 Å². The Kier molecular flexibility index (Phi) is 4.19. The van der Waals surface area contributed by atoms with Crippen LogP contribution in [0.1, 0.15) is 16.5 Å². The third-order valence-electron chi connectivity index (χ3n) is 2.32. The predicted molar refractivity (Wildman–Crippen MR) is 76.8 cm³/mol. The molecule has 1 aromatic heterocycles. The maximum Gasteiger partial charge on any atom is 0.0344 e. The van der Waals surface area contributed by atoms with Gasteiger partial charge in [-0.2, -0.15) is 0 Å². The topological polar surface area (TPSA) is 26.0 Å². The second-order valence-electron chi connectivity index (χ2n) is 3.60. The first-order valence-corrected chi connectivity index (χ1v) is 7.35. The van der Waals surface area contributed by atoms with E-state index < -0.39 is 0 Å². The molecule has 2 N–H and O–H groups in total. The number of nitrogens with two attached hydrogens (primary N) is 1. The van der Waals surface area contributed by atoms with E-state index in [1.54, 1.807) is 11.3 Å². The Morgan fingerprint density at radius 3 is 2.62 bits per heavy atom. The summed E-state index contributed by atoms with van der Waals surface area (Å²) in [6.07, 6.45) is 0.882. The van der Waals surface area contributed by atoms with Crippen molar-refractivity contribution in [3.8, 4) is 0 Å². The van der Waals surface area contributed by atoms with Crippen molar-refractivity contribution in [2.24, 2.45) is 5.73 Å². The number of hydrogen-bond donors (Lipinski definition) is 1. The summed E-state index contributed by atoms with van der Waals surface area (Å²) < 4.78 is 2.21. The molecule has 1 atom stereocenters. The highest BCUT2D eigenvalue weighted by molar-refractivity contribution is 9.10. The molecule has 16 heavy (non-hydrogen) atoms. The molecule has 0 spiro atoms. The molecule has 1 aromatic carbocycles. The zero-order chi connectivity index (χ0) is 11.5. The fourth-order valence-electron chi connectivity index (χ4n) is 1.53. The van der Waals surface area contributed by atoms with Gasteiger partial charge in [-0.25, -0.2) is 0 Å². The maximum atomic E-state index is 6.18. The van der Waals surface area contributed by atoms with Gasteiger partial charge in [-0.15, -0.1) is 11.3 Å². The molecule has 0 amide bonds. The van der Waals surface area contributed by atoms with Crippen molar-refractivity contribution in [3.63, 3.8) is 0 Å². The molecule has 2 rings (SSSR count). The summed E-state index contributed by atoms with van der Waals surface area (Å²) in [4.78, 5) is 1.30. The fraction of sp³-hybridized carbons (Fsp3) is 0.167. The second kappa shape index (κ2) is 5.45. The van der Waals surface area contributed by atoms with E-state index in [4.69, 9.17) is 5.73 Å². The average Bonchev–Trinajstić information content (AvgIpc) is 2.64. The van der Waals surface area contributed by atoms with E-state index in [0.717, 1.165) is 15.4 Å². The van der Waals surface area contributed by atoms with Gasteiger partial charge in [0.2, 0.25) is 0 Å². The summed E-state index contributed by atoms with van der Waals surface area (Å²) in [7, 11) is 0. The molecule has 0 radical (unpaired) electrons. The van der Waals surface area contributed by atoms with E-state index in [2.05, 4.69) is 55.4 Å². The molecule has 0 bridgehead atoms. The summed E-state index contributed by atoms with van der Waals surface area (Å²) in [5.41, 5.74) is 7.34. The van der Waals surface area contributed by atoms with Gasteiger partial charge in [-0.3, -0.25) is 0 Å².